The summed E-state index contributed by atoms with van der Waals surface area (Å²) in [7, 11) is -0.433. The van der Waals surface area contributed by atoms with Gasteiger partial charge in [0.15, 0.2) is 4.71 Å². The molecule has 0 spiro atoms. The summed E-state index contributed by atoms with van der Waals surface area (Å²) in [6, 6.07) is 23.0. The summed E-state index contributed by atoms with van der Waals surface area (Å²) in [5.74, 6) is 0.808. The maximum Gasteiger partial charge on any atom is 0.182 e. The number of rotatable bonds is 6. The third kappa shape index (κ3) is 5.84. The van der Waals surface area contributed by atoms with Crippen molar-refractivity contribution >= 4 is 56.7 Å². The van der Waals surface area contributed by atoms with Crippen LogP contribution in [0, 0.1) is 10.6 Å². The summed E-state index contributed by atoms with van der Waals surface area (Å²) in [5.41, 5.74) is 13.4. The molecule has 3 aromatic carbocycles. The lowest BCUT2D eigenvalue weighted by Gasteiger charge is -2.37. The highest BCUT2D eigenvalue weighted by atomic mass is 32.2. The van der Waals surface area contributed by atoms with E-state index in [1.807, 2.05) is 11.8 Å². The number of thioether (sulfide) groups is 1. The molecule has 5 atom stereocenters. The molecule has 0 saturated carbocycles. The molecule has 7 aliphatic rings. The van der Waals surface area contributed by atoms with Crippen LogP contribution in [0.2, 0.25) is 0 Å². The van der Waals surface area contributed by atoms with Crippen molar-refractivity contribution in [3.8, 4) is 0 Å². The van der Waals surface area contributed by atoms with Gasteiger partial charge in [-0.2, -0.15) is 0 Å². The largest absolute Gasteiger partial charge is 0.447 e. The summed E-state index contributed by atoms with van der Waals surface area (Å²) in [6.07, 6.45) is 43.8. The van der Waals surface area contributed by atoms with Crippen molar-refractivity contribution in [3.05, 3.63) is 200 Å². The van der Waals surface area contributed by atoms with Gasteiger partial charge >= 0.3 is 0 Å². The van der Waals surface area contributed by atoms with Crippen LogP contribution in [0.25, 0.3) is 34.3 Å². The molecule has 4 aromatic rings. The van der Waals surface area contributed by atoms with Crippen LogP contribution < -0.4 is 5.22 Å². The van der Waals surface area contributed by atoms with Crippen LogP contribution in [0.1, 0.15) is 65.8 Å². The second-order valence-electron chi connectivity index (χ2n) is 15.4. The van der Waals surface area contributed by atoms with Crippen LogP contribution in [0.15, 0.2) is 172 Å². The molecule has 4 heteroatoms. The van der Waals surface area contributed by atoms with E-state index in [0.717, 1.165) is 48.8 Å². The molecule has 11 rings (SSSR count). The molecule has 0 saturated heterocycles. The average Bonchev–Trinajstić information content (AvgIpc) is 3.84. The highest BCUT2D eigenvalue weighted by Crippen LogP contribution is 2.51. The zero-order valence-electron chi connectivity index (χ0n) is 30.8. The molecule has 5 aliphatic carbocycles. The second kappa shape index (κ2) is 13.9. The lowest BCUT2D eigenvalue weighted by molar-refractivity contribution is 0.479. The van der Waals surface area contributed by atoms with Crippen LogP contribution in [-0.4, -0.2) is 15.6 Å². The maximum absolute atomic E-state index is 7.11. The molecule has 2 aliphatic heterocycles. The predicted octanol–water partition coefficient (Wildman–Crippen LogP) is 12.8. The summed E-state index contributed by atoms with van der Waals surface area (Å²) in [5, 5.41) is 5.32. The Hall–Kier alpha value is -5.03. The minimum atomic E-state index is -0.433. The molecule has 0 fully saturated rings. The molecular weight excluding hydrogens is 707 g/mol. The van der Waals surface area contributed by atoms with Crippen molar-refractivity contribution < 1.29 is 4.42 Å². The van der Waals surface area contributed by atoms with E-state index >= 15 is 0 Å². The van der Waals surface area contributed by atoms with Gasteiger partial charge in [0, 0.05) is 43.8 Å². The summed E-state index contributed by atoms with van der Waals surface area (Å²) < 4.78 is 10.8. The van der Waals surface area contributed by atoms with Crippen LogP contribution >= 0.6 is 22.4 Å². The van der Waals surface area contributed by atoms with Gasteiger partial charge in [-0.05, 0) is 112 Å². The zero-order valence-corrected chi connectivity index (χ0v) is 32.4. The molecule has 3 heterocycles. The minimum Gasteiger partial charge on any atom is -0.447 e. The monoisotopic (exact) mass is 749 g/mol. The van der Waals surface area contributed by atoms with E-state index in [0.29, 0.717) is 17.1 Å². The van der Waals surface area contributed by atoms with E-state index in [1.54, 1.807) is 5.57 Å². The van der Waals surface area contributed by atoms with Crippen LogP contribution in [0.4, 0.5) is 0 Å². The summed E-state index contributed by atoms with van der Waals surface area (Å²) in [4.78, 5) is 1.43. The molecule has 0 N–H and O–H groups in total. The van der Waals surface area contributed by atoms with Crippen molar-refractivity contribution in [3.63, 3.8) is 0 Å². The van der Waals surface area contributed by atoms with E-state index in [4.69, 9.17) is 4.42 Å². The Labute approximate surface area is 330 Å². The Bertz CT molecular complexity index is 2720. The maximum atomic E-state index is 7.11. The number of furan rings is 1. The van der Waals surface area contributed by atoms with Gasteiger partial charge < -0.3 is 8.72 Å². The van der Waals surface area contributed by atoms with Gasteiger partial charge in [0.1, 0.15) is 5.58 Å². The highest BCUT2D eigenvalue weighted by Gasteiger charge is 2.34. The van der Waals surface area contributed by atoms with E-state index in [9.17, 15) is 0 Å². The van der Waals surface area contributed by atoms with Gasteiger partial charge in [-0.15, -0.1) is 11.8 Å². The van der Waals surface area contributed by atoms with Crippen molar-refractivity contribution in [2.75, 3.05) is 0 Å². The van der Waals surface area contributed by atoms with E-state index in [1.165, 1.54) is 60.2 Å². The fraction of sp³-hybridized carbons (Fsp3) is 0.196. The first kappa shape index (κ1) is 33.3. The van der Waals surface area contributed by atoms with Gasteiger partial charge in [0.05, 0.1) is 6.04 Å². The first-order valence-corrected chi connectivity index (χ1v) is 22.1. The molecule has 0 amide bonds. The van der Waals surface area contributed by atoms with Crippen molar-refractivity contribution in [2.24, 2.45) is 5.92 Å². The highest BCUT2D eigenvalue weighted by molar-refractivity contribution is 8.10. The Kier molecular flexibility index (Phi) is 8.43. The standard InChI is InChI=1S/C51H43NOS2/c1-3-12-34(13-4-1)37-23-24-39-33-41(30-27-38(39)32-37)52(40-28-25-36(26-29-40)42-17-10-22-48-49(42)46-16-7-8-21-47(46)54-48)55-31-11-20-45-44-19-9-18-43(50(44)53-51(45)55)35-14-5-2-6-15-35/h1,3-5,7-12,14-21,23-25,27-32,34,36,41,48H,2,6,13,22,26,33H2/t34?,36?,41?,48?,55-/m1/s1. The SMILES string of the molecule is C1=CCC(c2ccc3c(c2)C=CC(N(C2=CCC(C4=C5c6ccccc6SC5CC=C4)C=C2)[S@]2=c4oc5c(C6=CCCC=C6)cccc5c4=CC=C2)C3)C=C1. The first-order valence-electron chi connectivity index (χ1n) is 19.9. The Morgan fingerprint density at radius 1 is 0.745 bits per heavy atom. The number of fused-ring (bicyclic) bond motifs is 7. The molecule has 1 aromatic heterocycles. The topological polar surface area (TPSA) is 16.4 Å². The lowest BCUT2D eigenvalue weighted by Crippen LogP contribution is -2.32. The van der Waals surface area contributed by atoms with Gasteiger partial charge in [-0.3, -0.25) is 0 Å². The normalized spacial score (nSPS) is 25.6. The summed E-state index contributed by atoms with van der Waals surface area (Å²) in [6.45, 7) is 0. The quantitative estimate of drug-likeness (QED) is 0.183. The first-order chi connectivity index (χ1) is 27.3. The smallest absolute Gasteiger partial charge is 0.182 e. The number of allylic oxidation sites excluding steroid dienone is 15. The Morgan fingerprint density at radius 3 is 2.60 bits per heavy atom. The van der Waals surface area contributed by atoms with Gasteiger partial charge in [0.2, 0.25) is 0 Å². The molecule has 0 bridgehead atoms. The van der Waals surface area contributed by atoms with Gasteiger partial charge in [-0.25, -0.2) is 0 Å². The number of para-hydroxylation sites is 1. The summed E-state index contributed by atoms with van der Waals surface area (Å²) >= 11 is 2.04. The Balaban J connectivity index is 1.01. The molecule has 55 heavy (non-hydrogen) atoms. The van der Waals surface area contributed by atoms with Crippen LogP contribution in [0.3, 0.4) is 0 Å². The van der Waals surface area contributed by atoms with Crippen molar-refractivity contribution in [1.29, 1.82) is 0 Å². The average molecular weight is 750 g/mol. The number of nitrogens with zero attached hydrogens (tertiary/aromatic N) is 1. The van der Waals surface area contributed by atoms with E-state index in [2.05, 4.69) is 168 Å². The fourth-order valence-corrected chi connectivity index (χ4v) is 12.8. The van der Waals surface area contributed by atoms with Crippen molar-refractivity contribution in [1.82, 2.24) is 4.31 Å². The van der Waals surface area contributed by atoms with Crippen molar-refractivity contribution in [2.45, 2.75) is 60.6 Å². The Morgan fingerprint density at radius 2 is 1.71 bits per heavy atom. The zero-order chi connectivity index (χ0) is 36.3. The number of hydrogen-bond donors (Lipinski definition) is 0. The predicted molar refractivity (Wildman–Crippen MR) is 235 cm³/mol. The fourth-order valence-electron chi connectivity index (χ4n) is 9.45. The molecule has 0 radical (unpaired) electrons. The molecule has 270 valence electrons. The number of benzene rings is 3. The van der Waals surface area contributed by atoms with Crippen LogP contribution in [0.5, 0.6) is 0 Å². The van der Waals surface area contributed by atoms with Gasteiger partial charge in [0.25, 0.3) is 0 Å². The molecule has 4 unspecified atom stereocenters. The molecular formula is C51H43NOS2. The van der Waals surface area contributed by atoms with E-state index in [-0.39, 0.29) is 6.04 Å². The van der Waals surface area contributed by atoms with Crippen LogP contribution in [-0.2, 0) is 6.42 Å². The van der Waals surface area contributed by atoms with E-state index < -0.39 is 10.7 Å². The third-order valence-electron chi connectivity index (χ3n) is 12.2. The molecule has 2 nitrogen and oxygen atoms in total. The third-order valence-corrected chi connectivity index (χ3v) is 15.5. The van der Waals surface area contributed by atoms with Gasteiger partial charge in [-0.1, -0.05) is 140 Å². The lowest BCUT2D eigenvalue weighted by atomic mass is 9.81. The number of hydrogen-bond acceptors (Lipinski definition) is 3. The minimum absolute atomic E-state index is 0.179. The second-order valence-corrected chi connectivity index (χ2v) is 18.4.